The highest BCUT2D eigenvalue weighted by atomic mass is 32.3. The molecule has 1 heterocycles. The first-order valence-electron chi connectivity index (χ1n) is 3.04. The minimum atomic E-state index is -3.73. The number of nitrogens with zero attached hydrogens (tertiary/aromatic N) is 1. The van der Waals surface area contributed by atoms with E-state index in [1.807, 2.05) is 0 Å². The van der Waals surface area contributed by atoms with Crippen molar-refractivity contribution in [2.24, 2.45) is 0 Å². The van der Waals surface area contributed by atoms with Gasteiger partial charge in [-0.1, -0.05) is 0 Å². The molecule has 11 heavy (non-hydrogen) atoms. The monoisotopic (exact) mass is 198 g/mol. The molecule has 0 radical (unpaired) electrons. The summed E-state index contributed by atoms with van der Waals surface area (Å²) in [5.74, 6) is -0.159. The molecule has 1 aliphatic heterocycles. The van der Waals surface area contributed by atoms with Crippen molar-refractivity contribution >= 4 is 20.0 Å². The minimum absolute atomic E-state index is 0.147. The summed E-state index contributed by atoms with van der Waals surface area (Å²) in [6.45, 7) is 1.45. The smallest absolute Gasteiger partial charge is 0.0857 e. The van der Waals surface area contributed by atoms with E-state index in [1.54, 1.807) is 0 Å². The summed E-state index contributed by atoms with van der Waals surface area (Å²) in [5, 5.41) is -0.661. The highest BCUT2D eigenvalue weighted by molar-refractivity contribution is 8.13. The van der Waals surface area contributed by atoms with Gasteiger partial charge in [0.2, 0.25) is 0 Å². The van der Waals surface area contributed by atoms with Crippen LogP contribution in [-0.2, 0) is 20.0 Å². The van der Waals surface area contributed by atoms with Crippen LogP contribution in [0.3, 0.4) is 0 Å². The summed E-state index contributed by atoms with van der Waals surface area (Å²) in [4.78, 5) is 0. The van der Waals surface area contributed by atoms with Crippen molar-refractivity contribution in [2.45, 2.75) is 18.6 Å². The lowest BCUT2D eigenvalue weighted by Crippen LogP contribution is -2.28. The quantitative estimate of drug-likeness (QED) is 0.540. The predicted octanol–water partition coefficient (Wildman–Crippen LogP) is -0.188. The Bertz CT molecular complexity index is 340. The molecule has 5 nitrogen and oxygen atoms in total. The van der Waals surface area contributed by atoms with Gasteiger partial charge in [0.05, 0.1) is 20.0 Å². The van der Waals surface area contributed by atoms with E-state index in [9.17, 15) is 16.8 Å². The van der Waals surface area contributed by atoms with Crippen molar-refractivity contribution in [3.8, 4) is 0 Å². The van der Waals surface area contributed by atoms with Gasteiger partial charge in [-0.05, 0) is 13.3 Å². The van der Waals surface area contributed by atoms with Gasteiger partial charge in [0, 0.05) is 11.0 Å². The molecule has 0 aromatic heterocycles. The minimum Gasteiger partial charge on any atom is -0.436 e. The highest BCUT2D eigenvalue weighted by Gasteiger charge is 2.22. The van der Waals surface area contributed by atoms with Crippen molar-refractivity contribution in [3.63, 3.8) is 0 Å². The van der Waals surface area contributed by atoms with Gasteiger partial charge in [-0.15, -0.1) is 0 Å². The lowest BCUT2D eigenvalue weighted by molar-refractivity contribution is 0.574. The standard InChI is InChI=1S/C4H8NO4S2/c1-4-2-3-10(6,7)5-11(4,8)9/h4H,2-3H2,1H3/q-1. The van der Waals surface area contributed by atoms with Gasteiger partial charge >= 0.3 is 0 Å². The summed E-state index contributed by atoms with van der Waals surface area (Å²) in [5.41, 5.74) is 0. The highest BCUT2D eigenvalue weighted by Crippen LogP contribution is 2.24. The number of rotatable bonds is 0. The maximum atomic E-state index is 10.9. The van der Waals surface area contributed by atoms with Crippen molar-refractivity contribution in [3.05, 3.63) is 4.13 Å². The van der Waals surface area contributed by atoms with E-state index >= 15 is 0 Å². The third kappa shape index (κ3) is 1.91. The van der Waals surface area contributed by atoms with E-state index in [-0.39, 0.29) is 12.2 Å². The van der Waals surface area contributed by atoms with Crippen LogP contribution in [0.4, 0.5) is 0 Å². The Kier molecular flexibility index (Phi) is 1.97. The zero-order valence-corrected chi connectivity index (χ0v) is 7.52. The van der Waals surface area contributed by atoms with Crippen LogP contribution in [0.1, 0.15) is 13.3 Å². The van der Waals surface area contributed by atoms with Gasteiger partial charge in [-0.2, -0.15) is 0 Å². The maximum absolute atomic E-state index is 10.9. The Morgan fingerprint density at radius 1 is 1.27 bits per heavy atom. The molecule has 0 N–H and O–H groups in total. The molecular formula is C4H8NO4S2-. The molecule has 0 saturated carbocycles. The van der Waals surface area contributed by atoms with Crippen LogP contribution in [0.25, 0.3) is 4.13 Å². The van der Waals surface area contributed by atoms with Crippen molar-refractivity contribution in [1.82, 2.24) is 0 Å². The molecule has 1 rings (SSSR count). The van der Waals surface area contributed by atoms with Crippen molar-refractivity contribution in [1.29, 1.82) is 0 Å². The van der Waals surface area contributed by atoms with Crippen LogP contribution in [0.5, 0.6) is 0 Å². The average molecular weight is 198 g/mol. The van der Waals surface area contributed by atoms with Crippen molar-refractivity contribution < 1.29 is 16.8 Å². The molecule has 7 heteroatoms. The van der Waals surface area contributed by atoms with Crippen LogP contribution in [-0.4, -0.2) is 27.8 Å². The molecule has 1 atom stereocenters. The molecule has 0 aromatic carbocycles. The van der Waals surface area contributed by atoms with E-state index in [4.69, 9.17) is 0 Å². The molecule has 1 aliphatic rings. The van der Waals surface area contributed by atoms with Crippen LogP contribution in [0.2, 0.25) is 0 Å². The second kappa shape index (κ2) is 2.43. The zero-order valence-electron chi connectivity index (χ0n) is 5.89. The number of hydrogen-bond acceptors (Lipinski definition) is 4. The maximum Gasteiger partial charge on any atom is 0.0857 e. The first-order valence-corrected chi connectivity index (χ1v) is 6.15. The SMILES string of the molecule is CC1CCS(=O)(=O)[N-]S1(=O)=O. The first-order chi connectivity index (χ1) is 4.83. The third-order valence-electron chi connectivity index (χ3n) is 1.51. The normalized spacial score (nSPS) is 34.8. The lowest BCUT2D eigenvalue weighted by Gasteiger charge is -2.30. The van der Waals surface area contributed by atoms with Crippen LogP contribution >= 0.6 is 0 Å². The Labute approximate surface area is 65.9 Å². The van der Waals surface area contributed by atoms with E-state index < -0.39 is 25.3 Å². The largest absolute Gasteiger partial charge is 0.436 e. The Morgan fingerprint density at radius 2 is 1.82 bits per heavy atom. The predicted molar refractivity (Wildman–Crippen MR) is 40.1 cm³/mol. The molecule has 1 fully saturated rings. The first kappa shape index (κ1) is 8.95. The Morgan fingerprint density at radius 3 is 2.18 bits per heavy atom. The molecule has 66 valence electrons. The summed E-state index contributed by atoms with van der Waals surface area (Å²) in [6.07, 6.45) is 0.147. The van der Waals surface area contributed by atoms with E-state index in [0.29, 0.717) is 0 Å². The van der Waals surface area contributed by atoms with E-state index in [0.717, 1.165) is 0 Å². The molecule has 0 aliphatic carbocycles. The van der Waals surface area contributed by atoms with Gasteiger partial charge in [0.25, 0.3) is 0 Å². The fourth-order valence-corrected chi connectivity index (χ4v) is 4.10. The summed E-state index contributed by atoms with van der Waals surface area (Å²) >= 11 is 0. The van der Waals surface area contributed by atoms with Gasteiger partial charge in [0.15, 0.2) is 0 Å². The molecule has 0 bridgehead atoms. The van der Waals surface area contributed by atoms with Gasteiger partial charge in [-0.25, -0.2) is 16.8 Å². The molecule has 0 spiro atoms. The average Bonchev–Trinajstić information content (AvgIpc) is 1.77. The van der Waals surface area contributed by atoms with Crippen LogP contribution < -0.4 is 0 Å². The number of hydrogen-bond donors (Lipinski definition) is 0. The lowest BCUT2D eigenvalue weighted by atomic mass is 10.4. The molecule has 1 unspecified atom stereocenters. The van der Waals surface area contributed by atoms with Crippen LogP contribution in [0, 0.1) is 0 Å². The molecule has 1 saturated heterocycles. The molecule has 0 amide bonds. The van der Waals surface area contributed by atoms with Crippen LogP contribution in [0.15, 0.2) is 0 Å². The Balaban J connectivity index is 3.03. The topological polar surface area (TPSA) is 82.4 Å². The van der Waals surface area contributed by atoms with E-state index in [1.165, 1.54) is 6.92 Å². The third-order valence-corrected chi connectivity index (χ3v) is 5.25. The zero-order chi connectivity index (χ0) is 8.70. The van der Waals surface area contributed by atoms with Gasteiger partial charge < -0.3 is 4.13 Å². The molecule has 0 aromatic rings. The fourth-order valence-electron chi connectivity index (χ4n) is 0.733. The second-order valence-corrected chi connectivity index (χ2v) is 6.48. The summed E-state index contributed by atoms with van der Waals surface area (Å²) in [7, 11) is -7.42. The number of sulfonamides is 2. The fraction of sp³-hybridized carbons (Fsp3) is 1.00. The molecular weight excluding hydrogens is 190 g/mol. The van der Waals surface area contributed by atoms with Crippen molar-refractivity contribution in [2.75, 3.05) is 5.75 Å². The summed E-state index contributed by atoms with van der Waals surface area (Å²) < 4.78 is 45.8. The second-order valence-electron chi connectivity index (χ2n) is 2.47. The van der Waals surface area contributed by atoms with Gasteiger partial charge in [-0.3, -0.25) is 0 Å². The Hall–Kier alpha value is -0.140. The van der Waals surface area contributed by atoms with Gasteiger partial charge in [0.1, 0.15) is 0 Å². The van der Waals surface area contributed by atoms with E-state index in [2.05, 4.69) is 4.13 Å². The summed E-state index contributed by atoms with van der Waals surface area (Å²) in [6, 6.07) is 0.